The quantitative estimate of drug-likeness (QED) is 0.651. The molecular weight excluding hydrogens is 238 g/mol. The highest BCUT2D eigenvalue weighted by atomic mass is 16.5. The van der Waals surface area contributed by atoms with Gasteiger partial charge in [-0.15, -0.1) is 0 Å². The van der Waals surface area contributed by atoms with Crippen molar-refractivity contribution in [3.63, 3.8) is 0 Å². The maximum Gasteiger partial charge on any atom is 0.0637 e. The van der Waals surface area contributed by atoms with E-state index in [1.54, 1.807) is 7.11 Å². The van der Waals surface area contributed by atoms with Crippen molar-refractivity contribution in [2.24, 2.45) is 0 Å². The van der Waals surface area contributed by atoms with Crippen LogP contribution in [0.25, 0.3) is 0 Å². The first-order valence-corrected chi connectivity index (χ1v) is 7.93. The third-order valence-electron chi connectivity index (χ3n) is 4.07. The fraction of sp³-hybridized carbons (Fsp3) is 1.00. The van der Waals surface area contributed by atoms with Crippen LogP contribution in [0.1, 0.15) is 65.7 Å². The third-order valence-corrected chi connectivity index (χ3v) is 4.07. The van der Waals surface area contributed by atoms with Crippen molar-refractivity contribution in [2.75, 3.05) is 20.3 Å². The zero-order valence-electron chi connectivity index (χ0n) is 13.3. The Morgan fingerprint density at radius 3 is 2.53 bits per heavy atom. The summed E-state index contributed by atoms with van der Waals surface area (Å²) in [6, 6.07) is 0.490. The molecule has 114 valence electrons. The van der Waals surface area contributed by atoms with Gasteiger partial charge in [-0.25, -0.2) is 0 Å². The van der Waals surface area contributed by atoms with Gasteiger partial charge >= 0.3 is 0 Å². The Balaban J connectivity index is 1.97. The van der Waals surface area contributed by atoms with Gasteiger partial charge in [-0.3, -0.25) is 0 Å². The van der Waals surface area contributed by atoms with Gasteiger partial charge in [0.05, 0.1) is 11.7 Å². The molecule has 1 rings (SSSR count). The number of methoxy groups -OCH3 is 1. The maximum absolute atomic E-state index is 5.92. The van der Waals surface area contributed by atoms with E-state index in [1.165, 1.54) is 32.1 Å². The van der Waals surface area contributed by atoms with Gasteiger partial charge in [-0.05, 0) is 53.0 Å². The summed E-state index contributed by atoms with van der Waals surface area (Å²) in [6.07, 6.45) is 9.32. The molecule has 0 aromatic rings. The van der Waals surface area contributed by atoms with Crippen molar-refractivity contribution in [1.82, 2.24) is 5.32 Å². The van der Waals surface area contributed by atoms with Crippen molar-refractivity contribution < 1.29 is 9.47 Å². The maximum atomic E-state index is 5.92. The lowest BCUT2D eigenvalue weighted by Crippen LogP contribution is -2.36. The van der Waals surface area contributed by atoms with Gasteiger partial charge < -0.3 is 14.8 Å². The van der Waals surface area contributed by atoms with Gasteiger partial charge in [-0.2, -0.15) is 0 Å². The van der Waals surface area contributed by atoms with E-state index in [-0.39, 0.29) is 5.60 Å². The minimum absolute atomic E-state index is 0.0367. The summed E-state index contributed by atoms with van der Waals surface area (Å²) in [5.41, 5.74) is -0.0367. The molecule has 1 unspecified atom stereocenters. The molecule has 1 atom stereocenters. The standard InChI is InChI=1S/C16H33NO2/c1-14(13-16(2,3)18-4)17-11-8-12-19-15-9-6-5-7-10-15/h14-15,17H,5-13H2,1-4H3. The predicted molar refractivity (Wildman–Crippen MR) is 80.6 cm³/mol. The number of rotatable bonds is 9. The Morgan fingerprint density at radius 2 is 1.89 bits per heavy atom. The van der Waals surface area contributed by atoms with Crippen LogP contribution in [0.5, 0.6) is 0 Å². The van der Waals surface area contributed by atoms with E-state index >= 15 is 0 Å². The highest BCUT2D eigenvalue weighted by Gasteiger charge is 2.19. The highest BCUT2D eigenvalue weighted by Crippen LogP contribution is 2.20. The molecule has 1 aliphatic carbocycles. The predicted octanol–water partition coefficient (Wildman–Crippen LogP) is 3.52. The molecule has 0 aliphatic heterocycles. The Kier molecular flexibility index (Phi) is 7.96. The normalized spacial score (nSPS) is 19.6. The van der Waals surface area contributed by atoms with E-state index in [4.69, 9.17) is 9.47 Å². The second-order valence-electron chi connectivity index (χ2n) is 6.51. The smallest absolute Gasteiger partial charge is 0.0637 e. The molecule has 3 heteroatoms. The molecule has 0 aromatic heterocycles. The van der Waals surface area contributed by atoms with Crippen LogP contribution in [0.4, 0.5) is 0 Å². The average Bonchev–Trinajstić information content (AvgIpc) is 2.39. The highest BCUT2D eigenvalue weighted by molar-refractivity contribution is 4.75. The van der Waals surface area contributed by atoms with Crippen LogP contribution < -0.4 is 5.32 Å². The molecule has 1 saturated carbocycles. The summed E-state index contributed by atoms with van der Waals surface area (Å²) in [7, 11) is 1.78. The summed E-state index contributed by atoms with van der Waals surface area (Å²) in [6.45, 7) is 8.43. The first kappa shape index (κ1) is 16.9. The molecule has 0 radical (unpaired) electrons. The van der Waals surface area contributed by atoms with Crippen LogP contribution in [-0.4, -0.2) is 38.0 Å². The molecular formula is C16H33NO2. The van der Waals surface area contributed by atoms with Gasteiger partial charge in [0.1, 0.15) is 0 Å². The molecule has 0 bridgehead atoms. The third kappa shape index (κ3) is 7.91. The zero-order chi connectivity index (χ0) is 14.1. The lowest BCUT2D eigenvalue weighted by atomic mass is 9.98. The van der Waals surface area contributed by atoms with Gasteiger partial charge in [-0.1, -0.05) is 19.3 Å². The molecule has 1 fully saturated rings. The monoisotopic (exact) mass is 271 g/mol. The molecule has 0 aromatic carbocycles. The second-order valence-corrected chi connectivity index (χ2v) is 6.51. The van der Waals surface area contributed by atoms with E-state index < -0.39 is 0 Å². The first-order valence-electron chi connectivity index (χ1n) is 7.93. The SMILES string of the molecule is COC(C)(C)CC(C)NCCCOC1CCCCC1. The average molecular weight is 271 g/mol. The second kappa shape index (κ2) is 8.93. The largest absolute Gasteiger partial charge is 0.379 e. The molecule has 1 N–H and O–H groups in total. The molecule has 0 spiro atoms. The molecule has 0 heterocycles. The summed E-state index contributed by atoms with van der Waals surface area (Å²) in [4.78, 5) is 0. The van der Waals surface area contributed by atoms with Gasteiger partial charge in [0.2, 0.25) is 0 Å². The Bertz CT molecular complexity index is 225. The number of hydrogen-bond donors (Lipinski definition) is 1. The number of ether oxygens (including phenoxy) is 2. The van der Waals surface area contributed by atoms with E-state index in [0.717, 1.165) is 26.0 Å². The first-order chi connectivity index (χ1) is 9.03. The van der Waals surface area contributed by atoms with Gasteiger partial charge in [0, 0.05) is 19.8 Å². The minimum atomic E-state index is -0.0367. The summed E-state index contributed by atoms with van der Waals surface area (Å²) in [5, 5.41) is 3.55. The van der Waals surface area contributed by atoms with Gasteiger partial charge in [0.15, 0.2) is 0 Å². The van der Waals surface area contributed by atoms with Crippen molar-refractivity contribution in [3.05, 3.63) is 0 Å². The molecule has 19 heavy (non-hydrogen) atoms. The van der Waals surface area contributed by atoms with Gasteiger partial charge in [0.25, 0.3) is 0 Å². The molecule has 0 saturated heterocycles. The number of hydrogen-bond acceptors (Lipinski definition) is 3. The topological polar surface area (TPSA) is 30.5 Å². The summed E-state index contributed by atoms with van der Waals surface area (Å²) in [5.74, 6) is 0. The van der Waals surface area contributed by atoms with Crippen molar-refractivity contribution in [1.29, 1.82) is 0 Å². The van der Waals surface area contributed by atoms with Crippen molar-refractivity contribution in [3.8, 4) is 0 Å². The number of nitrogens with one attached hydrogen (secondary N) is 1. The minimum Gasteiger partial charge on any atom is -0.379 e. The van der Waals surface area contributed by atoms with E-state index in [9.17, 15) is 0 Å². The van der Waals surface area contributed by atoms with Crippen LogP contribution in [0.3, 0.4) is 0 Å². The van der Waals surface area contributed by atoms with Crippen LogP contribution in [-0.2, 0) is 9.47 Å². The zero-order valence-corrected chi connectivity index (χ0v) is 13.3. The Morgan fingerprint density at radius 1 is 1.21 bits per heavy atom. The Hall–Kier alpha value is -0.120. The fourth-order valence-electron chi connectivity index (χ4n) is 2.80. The summed E-state index contributed by atoms with van der Waals surface area (Å²) >= 11 is 0. The lowest BCUT2D eigenvalue weighted by molar-refractivity contribution is 0.00763. The van der Waals surface area contributed by atoms with E-state index in [2.05, 4.69) is 26.1 Å². The fourth-order valence-corrected chi connectivity index (χ4v) is 2.80. The Labute approximate surface area is 119 Å². The van der Waals surface area contributed by atoms with Crippen LogP contribution in [0, 0.1) is 0 Å². The molecule has 0 amide bonds. The van der Waals surface area contributed by atoms with Crippen LogP contribution in [0.2, 0.25) is 0 Å². The summed E-state index contributed by atoms with van der Waals surface area (Å²) < 4.78 is 11.4. The molecule has 3 nitrogen and oxygen atoms in total. The van der Waals surface area contributed by atoms with E-state index in [1.807, 2.05) is 0 Å². The van der Waals surface area contributed by atoms with Crippen molar-refractivity contribution >= 4 is 0 Å². The lowest BCUT2D eigenvalue weighted by Gasteiger charge is -2.27. The van der Waals surface area contributed by atoms with E-state index in [0.29, 0.717) is 12.1 Å². The van der Waals surface area contributed by atoms with Crippen LogP contribution in [0.15, 0.2) is 0 Å². The van der Waals surface area contributed by atoms with Crippen LogP contribution >= 0.6 is 0 Å². The van der Waals surface area contributed by atoms with Crippen molar-refractivity contribution in [2.45, 2.75) is 83.5 Å². The molecule has 1 aliphatic rings.